The molecule has 0 spiro atoms. The fourth-order valence-electron chi connectivity index (χ4n) is 0.356. The lowest BCUT2D eigenvalue weighted by Crippen LogP contribution is -2.28. The molecule has 0 aliphatic rings. The minimum absolute atomic E-state index is 0. The predicted molar refractivity (Wildman–Crippen MR) is 38.1 cm³/mol. The third-order valence-electron chi connectivity index (χ3n) is 0.796. The lowest BCUT2D eigenvalue weighted by Gasteiger charge is -2.00. The second-order valence-electron chi connectivity index (χ2n) is 1.60. The van der Waals surface area contributed by atoms with Gasteiger partial charge in [-0.25, -0.2) is 8.78 Å². The number of carbonyl (C=O) groups excluding carboxylic acids is 1. The summed E-state index contributed by atoms with van der Waals surface area (Å²) in [6.07, 6.45) is -2.43. The maximum Gasteiger partial charge on any atom is 0.319 e. The SMILES string of the molecule is COC(=O)CNCC(F)F.Cl. The van der Waals surface area contributed by atoms with Gasteiger partial charge in [-0.3, -0.25) is 4.79 Å². The molecule has 0 amide bonds. The van der Waals surface area contributed by atoms with Crippen LogP contribution in [0.4, 0.5) is 8.78 Å². The Morgan fingerprint density at radius 2 is 2.18 bits per heavy atom. The first-order valence-electron chi connectivity index (χ1n) is 2.72. The molecule has 0 aromatic rings. The van der Waals surface area contributed by atoms with Gasteiger partial charge < -0.3 is 10.1 Å². The standard InChI is InChI=1S/C5H9F2NO2.ClH/c1-10-5(9)3-8-2-4(6)7;/h4,8H,2-3H2,1H3;1H. The van der Waals surface area contributed by atoms with Crippen LogP contribution in [0.1, 0.15) is 0 Å². The van der Waals surface area contributed by atoms with E-state index in [1.165, 1.54) is 7.11 Å². The smallest absolute Gasteiger partial charge is 0.319 e. The largest absolute Gasteiger partial charge is 0.468 e. The Kier molecular flexibility index (Phi) is 9.21. The molecular weight excluding hydrogens is 180 g/mol. The lowest BCUT2D eigenvalue weighted by atomic mass is 10.6. The van der Waals surface area contributed by atoms with Crippen molar-refractivity contribution in [2.24, 2.45) is 0 Å². The quantitative estimate of drug-likeness (QED) is 0.652. The fraction of sp³-hybridized carbons (Fsp3) is 0.800. The van der Waals surface area contributed by atoms with E-state index in [1.807, 2.05) is 0 Å². The first kappa shape index (κ1) is 13.2. The highest BCUT2D eigenvalue weighted by molar-refractivity contribution is 5.85. The molecule has 0 rings (SSSR count). The molecule has 6 heteroatoms. The summed E-state index contributed by atoms with van der Waals surface area (Å²) in [5.41, 5.74) is 0. The molecule has 0 saturated heterocycles. The minimum atomic E-state index is -2.43. The van der Waals surface area contributed by atoms with Gasteiger partial charge in [0.15, 0.2) is 0 Å². The molecule has 0 fully saturated rings. The van der Waals surface area contributed by atoms with Crippen molar-refractivity contribution in [3.05, 3.63) is 0 Å². The van der Waals surface area contributed by atoms with Crippen LogP contribution in [0.2, 0.25) is 0 Å². The van der Waals surface area contributed by atoms with E-state index in [9.17, 15) is 13.6 Å². The molecule has 0 unspecified atom stereocenters. The molecule has 0 heterocycles. The Labute approximate surface area is 69.5 Å². The average molecular weight is 190 g/mol. The summed E-state index contributed by atoms with van der Waals surface area (Å²) in [5.74, 6) is -0.541. The number of halogens is 3. The zero-order chi connectivity index (χ0) is 7.98. The highest BCUT2D eigenvalue weighted by Gasteiger charge is 2.03. The van der Waals surface area contributed by atoms with Crippen LogP contribution in [0.25, 0.3) is 0 Å². The highest BCUT2D eigenvalue weighted by Crippen LogP contribution is 1.86. The zero-order valence-electron chi connectivity index (χ0n) is 5.97. The second kappa shape index (κ2) is 7.68. The van der Waals surface area contributed by atoms with Crippen molar-refractivity contribution in [2.75, 3.05) is 20.2 Å². The topological polar surface area (TPSA) is 38.3 Å². The summed E-state index contributed by atoms with van der Waals surface area (Å²) < 4.78 is 26.9. The Morgan fingerprint density at radius 3 is 2.55 bits per heavy atom. The van der Waals surface area contributed by atoms with Crippen LogP contribution >= 0.6 is 12.4 Å². The first-order chi connectivity index (χ1) is 4.66. The van der Waals surface area contributed by atoms with Crippen molar-refractivity contribution in [1.29, 1.82) is 0 Å². The van der Waals surface area contributed by atoms with Gasteiger partial charge in [0.1, 0.15) is 0 Å². The number of carbonyl (C=O) groups is 1. The van der Waals surface area contributed by atoms with Crippen LogP contribution in [0.5, 0.6) is 0 Å². The highest BCUT2D eigenvalue weighted by atomic mass is 35.5. The number of ether oxygens (including phenoxy) is 1. The van der Waals surface area contributed by atoms with Crippen LogP contribution < -0.4 is 5.32 Å². The van der Waals surface area contributed by atoms with Crippen molar-refractivity contribution in [1.82, 2.24) is 5.32 Å². The van der Waals surface area contributed by atoms with E-state index in [-0.39, 0.29) is 19.0 Å². The van der Waals surface area contributed by atoms with Crippen molar-refractivity contribution in [2.45, 2.75) is 6.43 Å². The zero-order valence-corrected chi connectivity index (χ0v) is 6.79. The first-order valence-corrected chi connectivity index (χ1v) is 2.72. The average Bonchev–Trinajstić information content (AvgIpc) is 1.87. The summed E-state index contributed by atoms with van der Waals surface area (Å²) in [6.45, 7) is -0.643. The van der Waals surface area contributed by atoms with Crippen molar-refractivity contribution >= 4 is 18.4 Å². The number of alkyl halides is 2. The summed E-state index contributed by atoms with van der Waals surface area (Å²) in [7, 11) is 1.20. The maximum atomic E-state index is 11.4. The van der Waals surface area contributed by atoms with Gasteiger partial charge in [0, 0.05) is 0 Å². The molecule has 3 nitrogen and oxygen atoms in total. The Bertz CT molecular complexity index is 113. The molecule has 0 radical (unpaired) electrons. The number of nitrogens with one attached hydrogen (secondary N) is 1. The van der Waals surface area contributed by atoms with Gasteiger partial charge in [-0.15, -0.1) is 12.4 Å². The number of hydrogen-bond acceptors (Lipinski definition) is 3. The van der Waals surface area contributed by atoms with Crippen LogP contribution in [0, 0.1) is 0 Å². The van der Waals surface area contributed by atoms with Crippen LogP contribution in [0.3, 0.4) is 0 Å². The molecule has 0 atom stereocenters. The van der Waals surface area contributed by atoms with E-state index in [2.05, 4.69) is 10.1 Å². The van der Waals surface area contributed by atoms with E-state index in [0.717, 1.165) is 0 Å². The van der Waals surface area contributed by atoms with Gasteiger partial charge in [0.05, 0.1) is 20.2 Å². The van der Waals surface area contributed by atoms with E-state index in [1.54, 1.807) is 0 Å². The Morgan fingerprint density at radius 1 is 1.64 bits per heavy atom. The molecule has 68 valence electrons. The van der Waals surface area contributed by atoms with Gasteiger partial charge in [0.2, 0.25) is 0 Å². The van der Waals surface area contributed by atoms with Crippen LogP contribution in [-0.4, -0.2) is 32.6 Å². The lowest BCUT2D eigenvalue weighted by molar-refractivity contribution is -0.139. The second-order valence-corrected chi connectivity index (χ2v) is 1.60. The monoisotopic (exact) mass is 189 g/mol. The van der Waals surface area contributed by atoms with E-state index < -0.39 is 18.9 Å². The predicted octanol–water partition coefficient (Wildman–Crippen LogP) is 0.436. The van der Waals surface area contributed by atoms with Gasteiger partial charge in [-0.05, 0) is 0 Å². The molecule has 1 N–H and O–H groups in total. The Balaban J connectivity index is 0. The molecule has 0 bridgehead atoms. The summed E-state index contributed by atoms with van der Waals surface area (Å²) >= 11 is 0. The molecule has 0 aliphatic heterocycles. The van der Waals surface area contributed by atoms with E-state index >= 15 is 0 Å². The normalized spacial score (nSPS) is 9.09. The maximum absolute atomic E-state index is 11.4. The minimum Gasteiger partial charge on any atom is -0.468 e. The number of hydrogen-bond donors (Lipinski definition) is 1. The number of rotatable bonds is 4. The number of methoxy groups -OCH3 is 1. The van der Waals surface area contributed by atoms with E-state index in [4.69, 9.17) is 0 Å². The van der Waals surface area contributed by atoms with Crippen molar-refractivity contribution in [3.8, 4) is 0 Å². The van der Waals surface area contributed by atoms with Gasteiger partial charge in [-0.1, -0.05) is 0 Å². The van der Waals surface area contributed by atoms with E-state index in [0.29, 0.717) is 0 Å². The van der Waals surface area contributed by atoms with Crippen LogP contribution in [-0.2, 0) is 9.53 Å². The molecule has 0 aromatic carbocycles. The van der Waals surface area contributed by atoms with Crippen LogP contribution in [0.15, 0.2) is 0 Å². The van der Waals surface area contributed by atoms with Crippen molar-refractivity contribution < 1.29 is 18.3 Å². The molecular formula is C5H10ClF2NO2. The van der Waals surface area contributed by atoms with Crippen molar-refractivity contribution in [3.63, 3.8) is 0 Å². The Hall–Kier alpha value is -0.420. The molecule has 0 aromatic heterocycles. The summed E-state index contributed by atoms with van der Waals surface area (Å²) in [5, 5.41) is 2.21. The molecule has 0 aliphatic carbocycles. The molecule has 11 heavy (non-hydrogen) atoms. The summed E-state index contributed by atoms with van der Waals surface area (Å²) in [4.78, 5) is 10.3. The molecule has 0 saturated carbocycles. The van der Waals surface area contributed by atoms with Gasteiger partial charge >= 0.3 is 5.97 Å². The van der Waals surface area contributed by atoms with Gasteiger partial charge in [-0.2, -0.15) is 0 Å². The third-order valence-corrected chi connectivity index (χ3v) is 0.796. The summed E-state index contributed by atoms with van der Waals surface area (Å²) in [6, 6.07) is 0. The van der Waals surface area contributed by atoms with Gasteiger partial charge in [0.25, 0.3) is 6.43 Å². The number of esters is 1. The fourth-order valence-corrected chi connectivity index (χ4v) is 0.356. The third kappa shape index (κ3) is 9.58.